The molecule has 0 bridgehead atoms. The molecule has 0 unspecified atom stereocenters. The van der Waals surface area contributed by atoms with Crippen LogP contribution in [0, 0.1) is 11.9 Å². The summed E-state index contributed by atoms with van der Waals surface area (Å²) in [6.45, 7) is 2.36. The molecule has 0 aliphatic carbocycles. The van der Waals surface area contributed by atoms with Gasteiger partial charge in [-0.1, -0.05) is 12.2 Å². The van der Waals surface area contributed by atoms with E-state index in [9.17, 15) is 9.18 Å². The third-order valence-electron chi connectivity index (χ3n) is 1.91. The average molecular weight is 237 g/mol. The van der Waals surface area contributed by atoms with E-state index in [0.29, 0.717) is 17.7 Å². The van der Waals surface area contributed by atoms with Gasteiger partial charge in [0, 0.05) is 23.7 Å². The van der Waals surface area contributed by atoms with Crippen LogP contribution in [0.3, 0.4) is 0 Å². The molecule has 0 aliphatic heterocycles. The van der Waals surface area contributed by atoms with Gasteiger partial charge in [-0.2, -0.15) is 0 Å². The molecule has 0 saturated carbocycles. The van der Waals surface area contributed by atoms with Gasteiger partial charge in [0.2, 0.25) is 0 Å². The van der Waals surface area contributed by atoms with Gasteiger partial charge in [-0.3, -0.25) is 0 Å². The fourth-order valence-electron chi connectivity index (χ4n) is 1.24. The van der Waals surface area contributed by atoms with E-state index < -0.39 is 5.82 Å². The Balaban J connectivity index is 3.32. The largest absolute Gasteiger partial charge is 0.389 e. The van der Waals surface area contributed by atoms with Crippen LogP contribution in [0.4, 0.5) is 4.39 Å². The minimum Gasteiger partial charge on any atom is -0.389 e. The topological polar surface area (TPSA) is 55.1 Å². The fourth-order valence-corrected chi connectivity index (χ4v) is 1.41. The number of hydrogen-bond acceptors (Lipinski definition) is 3. The van der Waals surface area contributed by atoms with Crippen molar-refractivity contribution in [2.24, 2.45) is 5.73 Å². The summed E-state index contributed by atoms with van der Waals surface area (Å²) >= 11 is 4.79. The third-order valence-corrected chi connectivity index (χ3v) is 2.13. The van der Waals surface area contributed by atoms with E-state index in [1.807, 2.05) is 6.92 Å². The number of thiocarbonyl (C=S) groups is 1. The van der Waals surface area contributed by atoms with Crippen LogP contribution in [0.25, 0.3) is 5.70 Å². The molecule has 83 valence electrons. The molecular weight excluding hydrogens is 227 g/mol. The van der Waals surface area contributed by atoms with Crippen molar-refractivity contribution in [3.05, 3.63) is 35.1 Å². The summed E-state index contributed by atoms with van der Waals surface area (Å²) in [5, 5.41) is 2.80. The van der Waals surface area contributed by atoms with E-state index in [-0.39, 0.29) is 10.7 Å². The normalized spacial score (nSPS) is 9.38. The van der Waals surface area contributed by atoms with Crippen molar-refractivity contribution in [2.45, 2.75) is 6.92 Å². The third kappa shape index (κ3) is 2.66. The highest BCUT2D eigenvalue weighted by molar-refractivity contribution is 7.80. The highest BCUT2D eigenvalue weighted by Crippen LogP contribution is 2.16. The molecule has 1 radical (unpaired) electrons. The minimum absolute atomic E-state index is 0.0218. The van der Waals surface area contributed by atoms with Gasteiger partial charge in [-0.15, -0.1) is 0 Å². The molecule has 3 nitrogen and oxygen atoms in total. The predicted octanol–water partition coefficient (Wildman–Crippen LogP) is 1.04. The molecule has 0 spiro atoms. The summed E-state index contributed by atoms with van der Waals surface area (Å²) in [7, 11) is 0. The zero-order valence-corrected chi connectivity index (χ0v) is 9.45. The molecule has 5 heteroatoms. The van der Waals surface area contributed by atoms with Gasteiger partial charge in [0.15, 0.2) is 5.94 Å². The molecule has 1 aromatic rings. The van der Waals surface area contributed by atoms with Crippen LogP contribution >= 0.6 is 12.2 Å². The fraction of sp³-hybridized carbons (Fsp3) is 0.182. The molecule has 3 N–H and O–H groups in total. The lowest BCUT2D eigenvalue weighted by atomic mass is 10.0. The second-order valence-electron chi connectivity index (χ2n) is 2.98. The molecule has 0 atom stereocenters. The Bertz CT molecular complexity index is 467. The number of nitrogens with two attached hydrogens (primary N) is 1. The molecule has 0 aliphatic rings. The monoisotopic (exact) mass is 237 g/mol. The molecule has 1 rings (SSSR count). The van der Waals surface area contributed by atoms with Gasteiger partial charge >= 0.3 is 0 Å². The minimum atomic E-state index is -0.576. The second kappa shape index (κ2) is 5.39. The Kier molecular flexibility index (Phi) is 4.17. The Morgan fingerprint density at radius 3 is 2.88 bits per heavy atom. The molecule has 0 amide bonds. The zero-order valence-electron chi connectivity index (χ0n) is 8.63. The summed E-state index contributed by atoms with van der Waals surface area (Å²) in [6, 6.07) is 4.82. The van der Waals surface area contributed by atoms with Gasteiger partial charge in [-0.25, -0.2) is 9.18 Å². The van der Waals surface area contributed by atoms with E-state index >= 15 is 0 Å². The first kappa shape index (κ1) is 12.4. The smallest absolute Gasteiger partial charge is 0.150 e. The number of nitrogens with one attached hydrogen (secondary N) is 1. The Hall–Kier alpha value is -1.71. The summed E-state index contributed by atoms with van der Waals surface area (Å²) in [5.74, 6) is 1.16. The standard InChI is InChI=1S/C11H10FN2OS/c1-2-14-10(6-15)8-4-3-7(12)5-9(8)11(13)16/h4-5,14H,2H2,1H3,(H2,13,16). The van der Waals surface area contributed by atoms with Crippen LogP contribution < -0.4 is 11.1 Å². The lowest BCUT2D eigenvalue weighted by molar-refractivity contribution is 0.568. The number of benzene rings is 1. The lowest BCUT2D eigenvalue weighted by Crippen LogP contribution is -2.18. The van der Waals surface area contributed by atoms with Gasteiger partial charge in [0.1, 0.15) is 16.5 Å². The van der Waals surface area contributed by atoms with E-state index in [1.165, 1.54) is 6.07 Å². The van der Waals surface area contributed by atoms with Gasteiger partial charge in [0.05, 0.1) is 0 Å². The number of carbonyl (C=O) groups excluding carboxylic acids is 1. The highest BCUT2D eigenvalue weighted by Gasteiger charge is 2.11. The van der Waals surface area contributed by atoms with Crippen molar-refractivity contribution in [2.75, 3.05) is 6.54 Å². The zero-order chi connectivity index (χ0) is 12.1. The van der Waals surface area contributed by atoms with Gasteiger partial charge in [-0.05, 0) is 19.1 Å². The van der Waals surface area contributed by atoms with Crippen LogP contribution in [-0.4, -0.2) is 17.5 Å². The van der Waals surface area contributed by atoms with Crippen molar-refractivity contribution in [3.63, 3.8) is 0 Å². The van der Waals surface area contributed by atoms with Gasteiger partial charge in [0.25, 0.3) is 0 Å². The van der Waals surface area contributed by atoms with Crippen molar-refractivity contribution in [1.82, 2.24) is 5.32 Å². The molecular formula is C11H10FN2OS. The van der Waals surface area contributed by atoms with Crippen LogP contribution in [0.15, 0.2) is 12.1 Å². The van der Waals surface area contributed by atoms with E-state index in [1.54, 1.807) is 5.94 Å². The van der Waals surface area contributed by atoms with Crippen molar-refractivity contribution in [1.29, 1.82) is 0 Å². The predicted molar refractivity (Wildman–Crippen MR) is 63.9 cm³/mol. The van der Waals surface area contributed by atoms with Crippen molar-refractivity contribution in [3.8, 4) is 0 Å². The number of rotatable bonds is 4. The van der Waals surface area contributed by atoms with Crippen molar-refractivity contribution < 1.29 is 9.18 Å². The van der Waals surface area contributed by atoms with E-state index in [0.717, 1.165) is 6.07 Å². The van der Waals surface area contributed by atoms with Crippen molar-refractivity contribution >= 4 is 28.8 Å². The molecule has 0 saturated heterocycles. The molecule has 0 aromatic heterocycles. The first-order chi connectivity index (χ1) is 7.60. The first-order valence-electron chi connectivity index (χ1n) is 4.60. The van der Waals surface area contributed by atoms with E-state index in [4.69, 9.17) is 18.0 Å². The maximum atomic E-state index is 13.0. The summed E-state index contributed by atoms with van der Waals surface area (Å²) < 4.78 is 13.0. The molecule has 1 aromatic carbocycles. The summed E-state index contributed by atoms with van der Waals surface area (Å²) in [6.07, 6.45) is 0. The highest BCUT2D eigenvalue weighted by atomic mass is 32.1. The maximum Gasteiger partial charge on any atom is 0.150 e. The second-order valence-corrected chi connectivity index (χ2v) is 3.42. The average Bonchev–Trinajstić information content (AvgIpc) is 2.26. The Morgan fingerprint density at radius 1 is 1.69 bits per heavy atom. The molecule has 16 heavy (non-hydrogen) atoms. The van der Waals surface area contributed by atoms with Crippen LogP contribution in [-0.2, 0) is 4.79 Å². The van der Waals surface area contributed by atoms with Crippen LogP contribution in [0.5, 0.6) is 0 Å². The van der Waals surface area contributed by atoms with Crippen LogP contribution in [0.1, 0.15) is 18.1 Å². The lowest BCUT2D eigenvalue weighted by Gasteiger charge is -2.09. The molecule has 0 fully saturated rings. The molecule has 0 heterocycles. The summed E-state index contributed by atoms with van der Waals surface area (Å²) in [4.78, 5) is 10.8. The maximum absolute atomic E-state index is 13.0. The number of hydrogen-bond donors (Lipinski definition) is 2. The first-order valence-corrected chi connectivity index (χ1v) is 5.01. The Morgan fingerprint density at radius 2 is 2.38 bits per heavy atom. The SMILES string of the molecule is CCNC(=C=O)c1c[c]c(F)cc1C(N)=S. The van der Waals surface area contributed by atoms with Crippen LogP contribution in [0.2, 0.25) is 0 Å². The quantitative estimate of drug-likeness (QED) is 0.607. The van der Waals surface area contributed by atoms with Gasteiger partial charge < -0.3 is 11.1 Å². The Labute approximate surface area is 98.1 Å². The van der Waals surface area contributed by atoms with E-state index in [2.05, 4.69) is 11.4 Å². The number of halogens is 1. The summed E-state index contributed by atoms with van der Waals surface area (Å²) in [5.41, 5.74) is 6.35.